The van der Waals surface area contributed by atoms with Gasteiger partial charge in [0, 0.05) is 16.6 Å². The van der Waals surface area contributed by atoms with Crippen LogP contribution in [0.15, 0.2) is 30.5 Å². The summed E-state index contributed by atoms with van der Waals surface area (Å²) in [5, 5.41) is 6.36. The maximum Gasteiger partial charge on any atom is 0.243 e. The third kappa shape index (κ3) is 3.43. The molecule has 0 aliphatic heterocycles. The lowest BCUT2D eigenvalue weighted by atomic mass is 10.2. The summed E-state index contributed by atoms with van der Waals surface area (Å²) in [5.41, 5.74) is 6.27. The zero-order valence-corrected chi connectivity index (χ0v) is 11.3. The fraction of sp³-hybridized carbons (Fsp3) is 0.154. The molecule has 0 radical (unpaired) electrons. The highest BCUT2D eigenvalue weighted by molar-refractivity contribution is 6.32. The summed E-state index contributed by atoms with van der Waals surface area (Å²) >= 11 is 5.99. The molecule has 0 atom stereocenters. The first kappa shape index (κ1) is 14.2. The van der Waals surface area contributed by atoms with Gasteiger partial charge in [0.1, 0.15) is 0 Å². The van der Waals surface area contributed by atoms with Gasteiger partial charge in [-0.05, 0) is 18.2 Å². The molecule has 0 aliphatic carbocycles. The minimum Gasteiger partial charge on any atom is -0.346 e. The van der Waals surface area contributed by atoms with Crippen molar-refractivity contribution in [2.24, 2.45) is 5.73 Å². The molecule has 2 rings (SSSR count). The fourth-order valence-corrected chi connectivity index (χ4v) is 1.92. The van der Waals surface area contributed by atoms with Crippen LogP contribution in [0.2, 0.25) is 5.02 Å². The van der Waals surface area contributed by atoms with Crippen LogP contribution in [0.4, 0.5) is 5.69 Å². The molecule has 2 amide bonds. The summed E-state index contributed by atoms with van der Waals surface area (Å²) in [6.45, 7) is -0.314. The van der Waals surface area contributed by atoms with Crippen molar-refractivity contribution in [1.29, 1.82) is 0 Å². The van der Waals surface area contributed by atoms with E-state index in [1.165, 1.54) is 0 Å². The molecule has 1 aromatic heterocycles. The number of aromatic nitrogens is 1. The Morgan fingerprint density at radius 2 is 2.10 bits per heavy atom. The smallest absolute Gasteiger partial charge is 0.243 e. The Morgan fingerprint density at radius 3 is 2.85 bits per heavy atom. The Hall–Kier alpha value is -2.18. The molecule has 7 heteroatoms. The molecule has 0 aliphatic rings. The number of nitrogens with zero attached hydrogens (tertiary/aromatic N) is 1. The zero-order chi connectivity index (χ0) is 14.5. The molecular formula is C13H13ClN4O2. The molecule has 0 saturated carbocycles. The topological polar surface area (TPSA) is 97.1 Å². The van der Waals surface area contributed by atoms with Gasteiger partial charge in [0.25, 0.3) is 0 Å². The van der Waals surface area contributed by atoms with E-state index in [2.05, 4.69) is 15.6 Å². The minimum atomic E-state index is -0.394. The van der Waals surface area contributed by atoms with Gasteiger partial charge in [0.05, 0.1) is 24.3 Å². The summed E-state index contributed by atoms with van der Waals surface area (Å²) in [6, 6.07) is 7.00. The average molecular weight is 293 g/mol. The van der Waals surface area contributed by atoms with Gasteiger partial charge >= 0.3 is 0 Å². The van der Waals surface area contributed by atoms with Crippen LogP contribution in [-0.2, 0) is 9.59 Å². The van der Waals surface area contributed by atoms with Gasteiger partial charge in [-0.15, -0.1) is 0 Å². The Labute approximate surface area is 120 Å². The molecule has 6 nitrogen and oxygen atoms in total. The molecular weight excluding hydrogens is 280 g/mol. The van der Waals surface area contributed by atoms with Gasteiger partial charge in [-0.25, -0.2) is 0 Å². The van der Waals surface area contributed by atoms with Crippen LogP contribution in [0.1, 0.15) is 0 Å². The first-order chi connectivity index (χ1) is 9.60. The third-order valence-electron chi connectivity index (χ3n) is 2.58. The SMILES string of the molecule is NCC(=O)NCC(=O)Nc1cc(Cl)cc2cccnc12. The summed E-state index contributed by atoms with van der Waals surface area (Å²) in [5.74, 6) is -0.768. The number of fused-ring (bicyclic) bond motifs is 1. The average Bonchev–Trinajstić information content (AvgIpc) is 2.44. The molecule has 1 heterocycles. The molecule has 20 heavy (non-hydrogen) atoms. The summed E-state index contributed by atoms with van der Waals surface area (Å²) in [7, 11) is 0. The van der Waals surface area contributed by atoms with E-state index in [-0.39, 0.29) is 19.0 Å². The summed E-state index contributed by atoms with van der Waals surface area (Å²) in [6.07, 6.45) is 1.63. The monoisotopic (exact) mass is 292 g/mol. The van der Waals surface area contributed by atoms with E-state index in [0.29, 0.717) is 16.2 Å². The number of halogens is 1. The first-order valence-corrected chi connectivity index (χ1v) is 6.29. The number of carbonyl (C=O) groups excluding carboxylic acids is 2. The highest BCUT2D eigenvalue weighted by Crippen LogP contribution is 2.26. The Bertz CT molecular complexity index is 660. The number of benzene rings is 1. The number of rotatable bonds is 4. The van der Waals surface area contributed by atoms with E-state index < -0.39 is 5.91 Å². The van der Waals surface area contributed by atoms with Gasteiger partial charge in [-0.3, -0.25) is 14.6 Å². The first-order valence-electron chi connectivity index (χ1n) is 5.91. The lowest BCUT2D eigenvalue weighted by Crippen LogP contribution is -2.36. The van der Waals surface area contributed by atoms with Crippen molar-refractivity contribution in [3.05, 3.63) is 35.5 Å². The number of nitrogens with one attached hydrogen (secondary N) is 2. The van der Waals surface area contributed by atoms with Crippen LogP contribution >= 0.6 is 11.6 Å². The zero-order valence-electron chi connectivity index (χ0n) is 10.5. The van der Waals surface area contributed by atoms with Crippen molar-refractivity contribution in [3.63, 3.8) is 0 Å². The van der Waals surface area contributed by atoms with Crippen LogP contribution in [-0.4, -0.2) is 29.9 Å². The third-order valence-corrected chi connectivity index (χ3v) is 2.79. The standard InChI is InChI=1S/C13H13ClN4O2/c14-9-4-8-2-1-3-16-13(8)10(5-9)18-12(20)7-17-11(19)6-15/h1-5H,6-7,15H2,(H,17,19)(H,18,20). The highest BCUT2D eigenvalue weighted by Gasteiger charge is 2.09. The second-order valence-electron chi connectivity index (χ2n) is 4.06. The van der Waals surface area contributed by atoms with Crippen LogP contribution < -0.4 is 16.4 Å². The number of amides is 2. The van der Waals surface area contributed by atoms with Crippen LogP contribution in [0, 0.1) is 0 Å². The van der Waals surface area contributed by atoms with Crippen LogP contribution in [0.25, 0.3) is 10.9 Å². The van der Waals surface area contributed by atoms with Gasteiger partial charge in [-0.2, -0.15) is 0 Å². The lowest BCUT2D eigenvalue weighted by molar-refractivity contribution is -0.123. The van der Waals surface area contributed by atoms with Gasteiger partial charge in [0.15, 0.2) is 0 Å². The van der Waals surface area contributed by atoms with Crippen molar-refractivity contribution in [2.45, 2.75) is 0 Å². The lowest BCUT2D eigenvalue weighted by Gasteiger charge is -2.09. The quantitative estimate of drug-likeness (QED) is 0.780. The van der Waals surface area contributed by atoms with Crippen molar-refractivity contribution < 1.29 is 9.59 Å². The molecule has 0 unspecified atom stereocenters. The van der Waals surface area contributed by atoms with E-state index in [1.54, 1.807) is 24.4 Å². The van der Waals surface area contributed by atoms with E-state index >= 15 is 0 Å². The van der Waals surface area contributed by atoms with Gasteiger partial charge in [-0.1, -0.05) is 17.7 Å². The Kier molecular flexibility index (Phi) is 4.49. The predicted molar refractivity (Wildman–Crippen MR) is 77.4 cm³/mol. The maximum absolute atomic E-state index is 11.8. The van der Waals surface area contributed by atoms with E-state index in [4.69, 9.17) is 17.3 Å². The molecule has 104 valence electrons. The summed E-state index contributed by atoms with van der Waals surface area (Å²) in [4.78, 5) is 26.9. The minimum absolute atomic E-state index is 0.156. The fourth-order valence-electron chi connectivity index (χ4n) is 1.70. The van der Waals surface area contributed by atoms with Crippen molar-refractivity contribution in [1.82, 2.24) is 10.3 Å². The molecule has 1 aromatic carbocycles. The molecule has 0 fully saturated rings. The normalized spacial score (nSPS) is 10.3. The molecule has 4 N–H and O–H groups in total. The molecule has 0 bridgehead atoms. The van der Waals surface area contributed by atoms with E-state index in [1.807, 2.05) is 6.07 Å². The van der Waals surface area contributed by atoms with Crippen molar-refractivity contribution in [2.75, 3.05) is 18.4 Å². The van der Waals surface area contributed by atoms with E-state index in [9.17, 15) is 9.59 Å². The number of carbonyl (C=O) groups is 2. The van der Waals surface area contributed by atoms with Gasteiger partial charge in [0.2, 0.25) is 11.8 Å². The summed E-state index contributed by atoms with van der Waals surface area (Å²) < 4.78 is 0. The van der Waals surface area contributed by atoms with E-state index in [0.717, 1.165) is 5.39 Å². The highest BCUT2D eigenvalue weighted by atomic mass is 35.5. The van der Waals surface area contributed by atoms with Crippen LogP contribution in [0.3, 0.4) is 0 Å². The largest absolute Gasteiger partial charge is 0.346 e. The number of hydrogen-bond donors (Lipinski definition) is 3. The molecule has 2 aromatic rings. The Balaban J connectivity index is 2.17. The molecule has 0 saturated heterocycles. The number of hydrogen-bond acceptors (Lipinski definition) is 4. The second kappa shape index (κ2) is 6.31. The van der Waals surface area contributed by atoms with Crippen LogP contribution in [0.5, 0.6) is 0 Å². The second-order valence-corrected chi connectivity index (χ2v) is 4.49. The maximum atomic E-state index is 11.8. The number of anilines is 1. The molecule has 0 spiro atoms. The van der Waals surface area contributed by atoms with Crippen molar-refractivity contribution in [3.8, 4) is 0 Å². The van der Waals surface area contributed by atoms with Gasteiger partial charge < -0.3 is 16.4 Å². The Morgan fingerprint density at radius 1 is 1.30 bits per heavy atom. The number of nitrogens with two attached hydrogens (primary N) is 1. The number of pyridine rings is 1. The van der Waals surface area contributed by atoms with Crippen molar-refractivity contribution >= 4 is 40.0 Å². The predicted octanol–water partition coefficient (Wildman–Crippen LogP) is 0.902.